The summed E-state index contributed by atoms with van der Waals surface area (Å²) in [5.41, 5.74) is 1.13. The molecule has 1 atom stereocenters. The van der Waals surface area contributed by atoms with Gasteiger partial charge in [-0.05, 0) is 43.9 Å². The fourth-order valence-corrected chi connectivity index (χ4v) is 2.61. The molecule has 1 heterocycles. The Balaban J connectivity index is 2.01. The van der Waals surface area contributed by atoms with Crippen molar-refractivity contribution in [1.29, 1.82) is 0 Å². The average molecular weight is 334 g/mol. The van der Waals surface area contributed by atoms with E-state index >= 15 is 0 Å². The van der Waals surface area contributed by atoms with E-state index < -0.39 is 0 Å². The van der Waals surface area contributed by atoms with E-state index in [1.54, 1.807) is 0 Å². The van der Waals surface area contributed by atoms with Gasteiger partial charge in [0, 0.05) is 49.4 Å². The predicted molar refractivity (Wildman–Crippen MR) is 94.8 cm³/mol. The van der Waals surface area contributed by atoms with Crippen LogP contribution in [0, 0.1) is 0 Å². The van der Waals surface area contributed by atoms with Gasteiger partial charge in [-0.25, -0.2) is 0 Å². The molecule has 1 aromatic heterocycles. The van der Waals surface area contributed by atoms with E-state index in [1.165, 1.54) is 0 Å². The molecule has 0 aliphatic rings. The highest BCUT2D eigenvalue weighted by Gasteiger charge is 2.16. The highest BCUT2D eigenvalue weighted by molar-refractivity contribution is 6.30. The summed E-state index contributed by atoms with van der Waals surface area (Å²) in [5.74, 6) is 0.206. The Kier molecular flexibility index (Phi) is 6.68. The molecule has 1 N–H and O–H groups in total. The molecule has 0 unspecified atom stereocenters. The van der Waals surface area contributed by atoms with Crippen molar-refractivity contribution in [2.45, 2.75) is 18.9 Å². The summed E-state index contributed by atoms with van der Waals surface area (Å²) in [5, 5.41) is 3.70. The van der Waals surface area contributed by atoms with E-state index in [9.17, 15) is 4.79 Å². The van der Waals surface area contributed by atoms with Gasteiger partial charge < -0.3 is 14.8 Å². The highest BCUT2D eigenvalue weighted by Crippen LogP contribution is 2.23. The first kappa shape index (κ1) is 17.6. The Hall–Kier alpha value is -1.78. The van der Waals surface area contributed by atoms with E-state index in [0.717, 1.165) is 18.7 Å². The van der Waals surface area contributed by atoms with Crippen LogP contribution in [0.5, 0.6) is 0 Å². The topological polar surface area (TPSA) is 37.3 Å². The molecule has 1 aromatic carbocycles. The summed E-state index contributed by atoms with van der Waals surface area (Å²) in [6.07, 6.45) is 4.51. The van der Waals surface area contributed by atoms with Crippen LogP contribution in [0.2, 0.25) is 5.02 Å². The summed E-state index contributed by atoms with van der Waals surface area (Å²) < 4.78 is 2.10. The van der Waals surface area contributed by atoms with Crippen LogP contribution in [0.25, 0.3) is 0 Å². The molecule has 5 heteroatoms. The van der Waals surface area contributed by atoms with Crippen LogP contribution >= 0.6 is 11.6 Å². The molecule has 1 amide bonds. The number of likely N-dealkylation sites (N-methyl/N-ethyl adjacent to an activating group) is 1. The van der Waals surface area contributed by atoms with Gasteiger partial charge in [-0.1, -0.05) is 23.7 Å². The van der Waals surface area contributed by atoms with Crippen molar-refractivity contribution in [1.82, 2.24) is 14.8 Å². The van der Waals surface area contributed by atoms with Crippen LogP contribution in [0.3, 0.4) is 0 Å². The zero-order valence-corrected chi connectivity index (χ0v) is 14.5. The molecule has 0 bridgehead atoms. The van der Waals surface area contributed by atoms with Crippen LogP contribution in [0.4, 0.5) is 0 Å². The minimum Gasteiger partial charge on any atom is -0.355 e. The van der Waals surface area contributed by atoms with Crippen LogP contribution in [0.15, 0.2) is 48.8 Å². The maximum Gasteiger partial charge on any atom is 0.220 e. The lowest BCUT2D eigenvalue weighted by Gasteiger charge is -2.19. The summed E-state index contributed by atoms with van der Waals surface area (Å²) in [7, 11) is 3.99. The number of hydrogen-bond acceptors (Lipinski definition) is 2. The van der Waals surface area contributed by atoms with Crippen LogP contribution < -0.4 is 5.32 Å². The van der Waals surface area contributed by atoms with Gasteiger partial charge in [0.1, 0.15) is 0 Å². The second-order valence-corrected chi connectivity index (χ2v) is 6.42. The van der Waals surface area contributed by atoms with E-state index in [2.05, 4.69) is 14.8 Å². The number of nitrogens with zero attached hydrogens (tertiary/aromatic N) is 2. The Bertz CT molecular complexity index is 593. The summed E-state index contributed by atoms with van der Waals surface area (Å²) in [4.78, 5) is 14.3. The Morgan fingerprint density at radius 3 is 2.48 bits per heavy atom. The predicted octanol–water partition coefficient (Wildman–Crippen LogP) is 2.99. The quantitative estimate of drug-likeness (QED) is 0.806. The number of hydrogen-bond donors (Lipinski definition) is 1. The molecule has 0 radical (unpaired) electrons. The van der Waals surface area contributed by atoms with Gasteiger partial charge in [-0.3, -0.25) is 4.79 Å². The molecule has 4 nitrogen and oxygen atoms in total. The number of nitrogens with one attached hydrogen (secondary N) is 1. The fraction of sp³-hybridized carbons (Fsp3) is 0.389. The van der Waals surface area contributed by atoms with E-state index in [4.69, 9.17) is 11.6 Å². The van der Waals surface area contributed by atoms with Crippen molar-refractivity contribution in [3.05, 3.63) is 59.4 Å². The number of halogens is 1. The maximum absolute atomic E-state index is 12.2. The third-order valence-corrected chi connectivity index (χ3v) is 4.00. The Morgan fingerprint density at radius 1 is 1.22 bits per heavy atom. The van der Waals surface area contributed by atoms with E-state index in [0.29, 0.717) is 18.0 Å². The largest absolute Gasteiger partial charge is 0.355 e. The van der Waals surface area contributed by atoms with Gasteiger partial charge in [0.15, 0.2) is 0 Å². The second-order valence-electron chi connectivity index (χ2n) is 5.99. The Morgan fingerprint density at radius 2 is 1.87 bits per heavy atom. The highest BCUT2D eigenvalue weighted by atomic mass is 35.5. The van der Waals surface area contributed by atoms with Crippen LogP contribution in [-0.4, -0.2) is 42.6 Å². The molecular weight excluding hydrogens is 310 g/mol. The summed E-state index contributed by atoms with van der Waals surface area (Å²) >= 11 is 5.97. The van der Waals surface area contributed by atoms with Crippen molar-refractivity contribution in [3.8, 4) is 0 Å². The first-order valence-corrected chi connectivity index (χ1v) is 8.20. The van der Waals surface area contributed by atoms with Crippen molar-refractivity contribution in [2.24, 2.45) is 0 Å². The van der Waals surface area contributed by atoms with Crippen LogP contribution in [0.1, 0.15) is 17.9 Å². The first-order valence-electron chi connectivity index (χ1n) is 7.82. The maximum atomic E-state index is 12.2. The van der Waals surface area contributed by atoms with Crippen LogP contribution in [-0.2, 0) is 11.3 Å². The van der Waals surface area contributed by atoms with E-state index in [-0.39, 0.29) is 11.8 Å². The standard InChI is InChI=1S/C18H24ClN3O/c1-21(2)12-9-20-18(23)13-16(14-22-10-3-4-11-22)15-5-7-17(19)8-6-15/h3-8,10-11,16H,9,12-14H2,1-2H3,(H,20,23)/t16-/m0/s1. The van der Waals surface area contributed by atoms with Gasteiger partial charge in [0.2, 0.25) is 5.91 Å². The lowest BCUT2D eigenvalue weighted by Crippen LogP contribution is -2.32. The molecule has 0 aliphatic heterocycles. The lowest BCUT2D eigenvalue weighted by molar-refractivity contribution is -0.121. The zero-order valence-electron chi connectivity index (χ0n) is 13.7. The normalized spacial score (nSPS) is 12.3. The minimum atomic E-state index is 0.0824. The van der Waals surface area contributed by atoms with Crippen molar-refractivity contribution in [2.75, 3.05) is 27.2 Å². The molecule has 0 aliphatic carbocycles. The number of carbonyl (C=O) groups excluding carboxylic acids is 1. The third-order valence-electron chi connectivity index (χ3n) is 3.75. The number of benzene rings is 1. The molecule has 0 saturated heterocycles. The summed E-state index contributed by atoms with van der Waals surface area (Å²) in [6, 6.07) is 11.8. The Labute approximate surface area is 143 Å². The third kappa shape index (κ3) is 6.08. The molecule has 124 valence electrons. The van der Waals surface area contributed by atoms with Gasteiger partial charge in [-0.2, -0.15) is 0 Å². The number of carbonyl (C=O) groups is 1. The van der Waals surface area contributed by atoms with Gasteiger partial charge in [0.25, 0.3) is 0 Å². The molecule has 0 saturated carbocycles. The minimum absolute atomic E-state index is 0.0824. The lowest BCUT2D eigenvalue weighted by atomic mass is 9.95. The van der Waals surface area contributed by atoms with Gasteiger partial charge in [0.05, 0.1) is 0 Å². The zero-order chi connectivity index (χ0) is 16.7. The van der Waals surface area contributed by atoms with Gasteiger partial charge in [-0.15, -0.1) is 0 Å². The number of amides is 1. The fourth-order valence-electron chi connectivity index (χ4n) is 2.48. The average Bonchev–Trinajstić information content (AvgIpc) is 3.00. The smallest absolute Gasteiger partial charge is 0.220 e. The molecular formula is C18H24ClN3O. The van der Waals surface area contributed by atoms with Crippen molar-refractivity contribution < 1.29 is 4.79 Å². The van der Waals surface area contributed by atoms with Crippen molar-refractivity contribution in [3.63, 3.8) is 0 Å². The monoisotopic (exact) mass is 333 g/mol. The first-order chi connectivity index (χ1) is 11.0. The van der Waals surface area contributed by atoms with E-state index in [1.807, 2.05) is 62.9 Å². The second kappa shape index (κ2) is 8.75. The number of rotatable bonds is 8. The molecule has 23 heavy (non-hydrogen) atoms. The number of aromatic nitrogens is 1. The molecule has 0 fully saturated rings. The molecule has 2 rings (SSSR count). The van der Waals surface area contributed by atoms with Crippen molar-refractivity contribution >= 4 is 17.5 Å². The van der Waals surface area contributed by atoms with Gasteiger partial charge >= 0.3 is 0 Å². The SMILES string of the molecule is CN(C)CCNC(=O)C[C@@H](Cn1cccc1)c1ccc(Cl)cc1. The molecule has 2 aromatic rings. The summed E-state index contributed by atoms with van der Waals surface area (Å²) in [6.45, 7) is 2.29. The molecule has 0 spiro atoms.